The zero-order valence-electron chi connectivity index (χ0n) is 32.0. The lowest BCUT2D eigenvalue weighted by atomic mass is 9.95. The van der Waals surface area contributed by atoms with Gasteiger partial charge in [-0.25, -0.2) is 15.0 Å². The van der Waals surface area contributed by atoms with Crippen molar-refractivity contribution < 1.29 is 4.42 Å². The standard InChI is InChI=1S/C55H35N3O/c1-4-14-36(15-5-1)37-26-28-39(29-27-37)50-35-49(38-16-6-2-7-17-38)57-55(58-50)45-23-13-22-43(33-45)41-20-12-21-42(32-41)44-30-31-48-47(34-44)52-46-24-10-11-25-51(46)59-54(52)53(56-48)40-18-8-3-9-19-40/h1-35H. The van der Waals surface area contributed by atoms with Crippen LogP contribution in [-0.2, 0) is 0 Å². The van der Waals surface area contributed by atoms with Gasteiger partial charge >= 0.3 is 0 Å². The van der Waals surface area contributed by atoms with Crippen molar-refractivity contribution >= 4 is 32.8 Å². The molecule has 0 aliphatic heterocycles. The van der Waals surface area contributed by atoms with Crippen LogP contribution in [0.1, 0.15) is 0 Å². The molecule has 0 saturated heterocycles. The first-order valence-corrected chi connectivity index (χ1v) is 19.8. The molecule has 0 radical (unpaired) electrons. The fourth-order valence-electron chi connectivity index (χ4n) is 8.12. The lowest BCUT2D eigenvalue weighted by Crippen LogP contribution is -1.96. The van der Waals surface area contributed by atoms with E-state index in [-0.39, 0.29) is 0 Å². The average molecular weight is 754 g/mol. The number of aromatic nitrogens is 3. The first-order valence-electron chi connectivity index (χ1n) is 19.8. The molecule has 0 atom stereocenters. The second-order valence-corrected chi connectivity index (χ2v) is 14.8. The second kappa shape index (κ2) is 14.5. The molecule has 3 aromatic heterocycles. The van der Waals surface area contributed by atoms with Gasteiger partial charge in [-0.05, 0) is 69.8 Å². The number of pyridine rings is 1. The monoisotopic (exact) mass is 753 g/mol. The minimum absolute atomic E-state index is 0.680. The first-order chi connectivity index (χ1) is 29.2. The summed E-state index contributed by atoms with van der Waals surface area (Å²) in [6, 6.07) is 73.9. The highest BCUT2D eigenvalue weighted by atomic mass is 16.3. The highest BCUT2D eigenvalue weighted by Crippen LogP contribution is 2.41. The van der Waals surface area contributed by atoms with Gasteiger partial charge in [-0.3, -0.25) is 0 Å². The molecule has 0 saturated carbocycles. The molecule has 3 heterocycles. The van der Waals surface area contributed by atoms with E-state index in [1.165, 1.54) is 11.1 Å². The van der Waals surface area contributed by atoms with E-state index in [4.69, 9.17) is 19.4 Å². The van der Waals surface area contributed by atoms with E-state index in [1.807, 2.05) is 54.6 Å². The van der Waals surface area contributed by atoms with Crippen LogP contribution >= 0.6 is 0 Å². The van der Waals surface area contributed by atoms with E-state index in [0.29, 0.717) is 5.82 Å². The van der Waals surface area contributed by atoms with Crippen molar-refractivity contribution in [1.82, 2.24) is 15.0 Å². The van der Waals surface area contributed by atoms with E-state index in [9.17, 15) is 0 Å². The minimum Gasteiger partial charge on any atom is -0.454 e. The summed E-state index contributed by atoms with van der Waals surface area (Å²) in [4.78, 5) is 15.5. The maximum absolute atomic E-state index is 6.53. The van der Waals surface area contributed by atoms with Gasteiger partial charge in [0, 0.05) is 38.4 Å². The van der Waals surface area contributed by atoms with Gasteiger partial charge < -0.3 is 4.42 Å². The molecule has 59 heavy (non-hydrogen) atoms. The highest BCUT2D eigenvalue weighted by molar-refractivity contribution is 6.21. The van der Waals surface area contributed by atoms with E-state index in [2.05, 4.69) is 158 Å². The second-order valence-electron chi connectivity index (χ2n) is 14.8. The van der Waals surface area contributed by atoms with Gasteiger partial charge in [-0.1, -0.05) is 176 Å². The highest BCUT2D eigenvalue weighted by Gasteiger charge is 2.19. The number of hydrogen-bond donors (Lipinski definition) is 0. The quantitative estimate of drug-likeness (QED) is 0.163. The third kappa shape index (κ3) is 6.43. The molecule has 0 fully saturated rings. The summed E-state index contributed by atoms with van der Waals surface area (Å²) < 4.78 is 6.53. The molecule has 0 aliphatic carbocycles. The summed E-state index contributed by atoms with van der Waals surface area (Å²) in [6.07, 6.45) is 0. The molecule has 276 valence electrons. The summed E-state index contributed by atoms with van der Waals surface area (Å²) in [6.45, 7) is 0. The third-order valence-electron chi connectivity index (χ3n) is 11.1. The summed E-state index contributed by atoms with van der Waals surface area (Å²) in [7, 11) is 0. The largest absolute Gasteiger partial charge is 0.454 e. The molecule has 4 heteroatoms. The van der Waals surface area contributed by atoms with Gasteiger partial charge in [0.2, 0.25) is 0 Å². The van der Waals surface area contributed by atoms with Crippen LogP contribution in [0.15, 0.2) is 217 Å². The Bertz CT molecular complexity index is 3300. The van der Waals surface area contributed by atoms with Gasteiger partial charge in [-0.2, -0.15) is 0 Å². The van der Waals surface area contributed by atoms with Crippen molar-refractivity contribution in [3.8, 4) is 78.5 Å². The van der Waals surface area contributed by atoms with Crippen LogP contribution in [0.4, 0.5) is 0 Å². The molecule has 0 N–H and O–H groups in total. The van der Waals surface area contributed by atoms with Gasteiger partial charge in [0.15, 0.2) is 11.4 Å². The smallest absolute Gasteiger partial charge is 0.162 e. The minimum atomic E-state index is 0.680. The SMILES string of the molecule is c1ccc(-c2ccc(-c3cc(-c4ccccc4)nc(-c4cccc(-c5cccc(-c6ccc7nc(-c8ccccc8)c8oc9ccccc9c8c7c6)c5)c4)n3)cc2)cc1. The third-order valence-corrected chi connectivity index (χ3v) is 11.1. The van der Waals surface area contributed by atoms with E-state index < -0.39 is 0 Å². The van der Waals surface area contributed by atoms with E-state index in [1.54, 1.807) is 0 Å². The Morgan fingerprint density at radius 1 is 0.305 bits per heavy atom. The van der Waals surface area contributed by atoms with Crippen molar-refractivity contribution in [3.05, 3.63) is 212 Å². The number of nitrogens with zero attached hydrogens (tertiary/aromatic N) is 3. The summed E-state index contributed by atoms with van der Waals surface area (Å²) in [5, 5.41) is 3.23. The predicted octanol–water partition coefficient (Wildman–Crippen LogP) is 14.6. The molecule has 11 rings (SSSR count). The molecule has 0 spiro atoms. The van der Waals surface area contributed by atoms with Crippen molar-refractivity contribution in [2.45, 2.75) is 0 Å². The topological polar surface area (TPSA) is 51.8 Å². The van der Waals surface area contributed by atoms with Crippen LogP contribution in [-0.4, -0.2) is 15.0 Å². The Morgan fingerprint density at radius 2 is 0.780 bits per heavy atom. The molecule has 0 amide bonds. The predicted molar refractivity (Wildman–Crippen MR) is 243 cm³/mol. The molecule has 11 aromatic rings. The summed E-state index contributed by atoms with van der Waals surface area (Å²) in [5.74, 6) is 0.680. The number of para-hydroxylation sites is 1. The Kier molecular flexibility index (Phi) is 8.45. The summed E-state index contributed by atoms with van der Waals surface area (Å²) in [5.41, 5.74) is 16.0. The van der Waals surface area contributed by atoms with Crippen LogP contribution < -0.4 is 0 Å². The molecule has 4 nitrogen and oxygen atoms in total. The lowest BCUT2D eigenvalue weighted by Gasteiger charge is -2.12. The molecule has 0 aliphatic rings. The van der Waals surface area contributed by atoms with Gasteiger partial charge in [0.05, 0.1) is 16.9 Å². The molecular formula is C55H35N3O. The van der Waals surface area contributed by atoms with Crippen LogP contribution in [0.3, 0.4) is 0 Å². The van der Waals surface area contributed by atoms with Crippen molar-refractivity contribution in [1.29, 1.82) is 0 Å². The van der Waals surface area contributed by atoms with Gasteiger partial charge in [0.1, 0.15) is 11.3 Å². The van der Waals surface area contributed by atoms with Crippen molar-refractivity contribution in [3.63, 3.8) is 0 Å². The van der Waals surface area contributed by atoms with Crippen molar-refractivity contribution in [2.24, 2.45) is 0 Å². The van der Waals surface area contributed by atoms with Crippen LogP contribution in [0.2, 0.25) is 0 Å². The number of hydrogen-bond acceptors (Lipinski definition) is 4. The zero-order chi connectivity index (χ0) is 39.1. The molecular weight excluding hydrogens is 719 g/mol. The maximum atomic E-state index is 6.53. The van der Waals surface area contributed by atoms with Gasteiger partial charge in [0.25, 0.3) is 0 Å². The number of fused-ring (bicyclic) bond motifs is 5. The maximum Gasteiger partial charge on any atom is 0.162 e. The normalized spacial score (nSPS) is 11.4. The van der Waals surface area contributed by atoms with Gasteiger partial charge in [-0.15, -0.1) is 0 Å². The Hall–Kier alpha value is -7.95. The molecule has 8 aromatic carbocycles. The number of benzene rings is 8. The summed E-state index contributed by atoms with van der Waals surface area (Å²) >= 11 is 0. The van der Waals surface area contributed by atoms with Crippen molar-refractivity contribution in [2.75, 3.05) is 0 Å². The van der Waals surface area contributed by atoms with Crippen LogP contribution in [0.5, 0.6) is 0 Å². The van der Waals surface area contributed by atoms with E-state index in [0.717, 1.165) is 94.4 Å². The fourth-order valence-corrected chi connectivity index (χ4v) is 8.12. The Morgan fingerprint density at radius 3 is 1.46 bits per heavy atom. The Balaban J connectivity index is 0.984. The molecule has 0 unspecified atom stereocenters. The first kappa shape index (κ1) is 34.3. The number of furan rings is 1. The van der Waals surface area contributed by atoms with Crippen LogP contribution in [0.25, 0.3) is 111 Å². The van der Waals surface area contributed by atoms with Crippen LogP contribution in [0, 0.1) is 0 Å². The zero-order valence-corrected chi connectivity index (χ0v) is 32.0. The number of rotatable bonds is 7. The lowest BCUT2D eigenvalue weighted by molar-refractivity contribution is 0.669. The van der Waals surface area contributed by atoms with E-state index >= 15 is 0 Å². The average Bonchev–Trinajstić information content (AvgIpc) is 3.72. The molecule has 0 bridgehead atoms. The Labute approximate surface area is 341 Å². The fraction of sp³-hybridized carbons (Fsp3) is 0.